The van der Waals surface area contributed by atoms with Crippen molar-refractivity contribution in [2.45, 2.75) is 19.4 Å². The molecule has 1 aliphatic heterocycles. The number of nitrogens with one attached hydrogen (secondary N) is 1. The number of hydrogen-bond donors (Lipinski definition) is 1. The first-order chi connectivity index (χ1) is 15.0. The molecule has 4 rings (SSSR count). The first-order valence-electron chi connectivity index (χ1n) is 10.5. The minimum atomic E-state index is -0.735. The van der Waals surface area contributed by atoms with E-state index in [2.05, 4.69) is 22.3 Å². The molecule has 0 aliphatic carbocycles. The normalized spacial score (nSPS) is 15.1. The first kappa shape index (κ1) is 20.7. The second-order valence-electron chi connectivity index (χ2n) is 7.63. The lowest BCUT2D eigenvalue weighted by Gasteiger charge is -2.36. The standard InChI is InChI=1S/C23H26N4O4/c1-17(27-19-9-5-6-10-20(19)31-23(27)30)22(29)24-12-11-21(28)26-15-13-25(14-16-26)18-7-3-2-4-8-18/h2-10,17H,11-16H2,1H3,(H,24,29). The van der Waals surface area contributed by atoms with E-state index in [4.69, 9.17) is 4.42 Å². The number of benzene rings is 2. The summed E-state index contributed by atoms with van der Waals surface area (Å²) in [6, 6.07) is 16.4. The topological polar surface area (TPSA) is 87.8 Å². The molecule has 1 saturated heterocycles. The molecular weight excluding hydrogens is 396 g/mol. The van der Waals surface area contributed by atoms with Crippen molar-refractivity contribution in [3.8, 4) is 0 Å². The van der Waals surface area contributed by atoms with Crippen LogP contribution in [0.15, 0.2) is 63.8 Å². The van der Waals surface area contributed by atoms with Crippen LogP contribution in [0.1, 0.15) is 19.4 Å². The summed E-state index contributed by atoms with van der Waals surface area (Å²) >= 11 is 0. The molecule has 1 aromatic heterocycles. The average molecular weight is 422 g/mol. The van der Waals surface area contributed by atoms with E-state index in [0.717, 1.165) is 18.8 Å². The monoisotopic (exact) mass is 422 g/mol. The van der Waals surface area contributed by atoms with Gasteiger partial charge in [0.15, 0.2) is 5.58 Å². The van der Waals surface area contributed by atoms with E-state index in [1.165, 1.54) is 4.57 Å². The quantitative estimate of drug-likeness (QED) is 0.657. The van der Waals surface area contributed by atoms with Gasteiger partial charge in [0.05, 0.1) is 5.52 Å². The fourth-order valence-electron chi connectivity index (χ4n) is 3.92. The Morgan fingerprint density at radius 3 is 2.42 bits per heavy atom. The maximum absolute atomic E-state index is 12.6. The number of amides is 2. The number of fused-ring (bicyclic) bond motifs is 1. The summed E-state index contributed by atoms with van der Waals surface area (Å²) in [5.41, 5.74) is 2.18. The van der Waals surface area contributed by atoms with Crippen LogP contribution in [-0.2, 0) is 9.59 Å². The molecule has 0 bridgehead atoms. The molecule has 2 aromatic carbocycles. The molecule has 3 aromatic rings. The van der Waals surface area contributed by atoms with Gasteiger partial charge in [0, 0.05) is 44.8 Å². The van der Waals surface area contributed by atoms with Gasteiger partial charge in [-0.1, -0.05) is 30.3 Å². The molecule has 1 unspecified atom stereocenters. The summed E-state index contributed by atoms with van der Waals surface area (Å²) in [7, 11) is 0. The van der Waals surface area contributed by atoms with Gasteiger partial charge in [0.1, 0.15) is 6.04 Å². The van der Waals surface area contributed by atoms with Gasteiger partial charge in [-0.3, -0.25) is 14.2 Å². The minimum absolute atomic E-state index is 0.0200. The Labute approximate surface area is 180 Å². The summed E-state index contributed by atoms with van der Waals surface area (Å²) in [4.78, 5) is 41.3. The van der Waals surface area contributed by atoms with Crippen molar-refractivity contribution >= 4 is 28.6 Å². The highest BCUT2D eigenvalue weighted by atomic mass is 16.4. The molecular formula is C23H26N4O4. The van der Waals surface area contributed by atoms with Gasteiger partial charge in [-0.05, 0) is 31.2 Å². The predicted octanol–water partition coefficient (Wildman–Crippen LogP) is 2.01. The lowest BCUT2D eigenvalue weighted by molar-refractivity contribution is -0.131. The van der Waals surface area contributed by atoms with E-state index in [1.807, 2.05) is 23.1 Å². The zero-order chi connectivity index (χ0) is 21.8. The fraction of sp³-hybridized carbons (Fsp3) is 0.348. The highest BCUT2D eigenvalue weighted by molar-refractivity contribution is 5.83. The molecule has 1 aliphatic rings. The number of hydrogen-bond acceptors (Lipinski definition) is 5. The van der Waals surface area contributed by atoms with Gasteiger partial charge < -0.3 is 19.5 Å². The second kappa shape index (κ2) is 9.07. The van der Waals surface area contributed by atoms with Crippen molar-refractivity contribution in [2.24, 2.45) is 0 Å². The number of carbonyl (C=O) groups excluding carboxylic acids is 2. The molecule has 2 amide bonds. The lowest BCUT2D eigenvalue weighted by Crippen LogP contribution is -2.49. The van der Waals surface area contributed by atoms with Gasteiger partial charge in [-0.15, -0.1) is 0 Å². The maximum Gasteiger partial charge on any atom is 0.420 e. The first-order valence-corrected chi connectivity index (χ1v) is 10.5. The third-order valence-electron chi connectivity index (χ3n) is 5.68. The Bertz CT molecular complexity index is 1110. The van der Waals surface area contributed by atoms with E-state index in [0.29, 0.717) is 24.2 Å². The number of oxazole rings is 1. The Kier molecular flexibility index (Phi) is 6.06. The molecule has 8 heteroatoms. The van der Waals surface area contributed by atoms with Crippen LogP contribution >= 0.6 is 0 Å². The zero-order valence-electron chi connectivity index (χ0n) is 17.5. The van der Waals surface area contributed by atoms with E-state index in [9.17, 15) is 14.4 Å². The number of carbonyl (C=O) groups is 2. The molecule has 162 valence electrons. The molecule has 0 spiro atoms. The summed E-state index contributed by atoms with van der Waals surface area (Å²) in [6.07, 6.45) is 0.227. The van der Waals surface area contributed by atoms with E-state index < -0.39 is 11.8 Å². The molecule has 31 heavy (non-hydrogen) atoms. The van der Waals surface area contributed by atoms with Crippen LogP contribution in [0.2, 0.25) is 0 Å². The molecule has 8 nitrogen and oxygen atoms in total. The van der Waals surface area contributed by atoms with Crippen LogP contribution in [0.4, 0.5) is 5.69 Å². The number of piperazine rings is 1. The SMILES string of the molecule is CC(C(=O)NCCC(=O)N1CCN(c2ccccc2)CC1)n1c(=O)oc2ccccc21. The van der Waals surface area contributed by atoms with E-state index in [1.54, 1.807) is 31.2 Å². The van der Waals surface area contributed by atoms with Crippen molar-refractivity contribution in [1.82, 2.24) is 14.8 Å². The van der Waals surface area contributed by atoms with Gasteiger partial charge in [0.25, 0.3) is 0 Å². The van der Waals surface area contributed by atoms with Crippen molar-refractivity contribution in [2.75, 3.05) is 37.6 Å². The molecule has 1 atom stereocenters. The van der Waals surface area contributed by atoms with E-state index >= 15 is 0 Å². The Balaban J connectivity index is 1.26. The third-order valence-corrected chi connectivity index (χ3v) is 5.68. The molecule has 1 fully saturated rings. The van der Waals surface area contributed by atoms with Crippen LogP contribution in [0.3, 0.4) is 0 Å². The predicted molar refractivity (Wildman–Crippen MR) is 118 cm³/mol. The molecule has 0 radical (unpaired) electrons. The number of aromatic nitrogens is 1. The maximum atomic E-state index is 12.6. The van der Waals surface area contributed by atoms with Gasteiger partial charge in [-0.2, -0.15) is 0 Å². The minimum Gasteiger partial charge on any atom is -0.408 e. The number of anilines is 1. The third kappa shape index (κ3) is 4.47. The Hall–Kier alpha value is -3.55. The van der Waals surface area contributed by atoms with Crippen LogP contribution < -0.4 is 16.0 Å². The largest absolute Gasteiger partial charge is 0.420 e. The Morgan fingerprint density at radius 1 is 1.00 bits per heavy atom. The lowest BCUT2D eigenvalue weighted by atomic mass is 10.2. The summed E-state index contributed by atoms with van der Waals surface area (Å²) in [5, 5.41) is 2.77. The molecule has 0 saturated carbocycles. The van der Waals surface area contributed by atoms with Crippen LogP contribution in [-0.4, -0.2) is 54.0 Å². The number of nitrogens with zero attached hydrogens (tertiary/aromatic N) is 3. The number of para-hydroxylation sites is 3. The van der Waals surface area contributed by atoms with Crippen LogP contribution in [0.5, 0.6) is 0 Å². The van der Waals surface area contributed by atoms with Crippen LogP contribution in [0.25, 0.3) is 11.1 Å². The summed E-state index contributed by atoms with van der Waals surface area (Å²) in [6.45, 7) is 4.77. The Morgan fingerprint density at radius 2 is 1.68 bits per heavy atom. The highest BCUT2D eigenvalue weighted by Gasteiger charge is 2.23. The van der Waals surface area contributed by atoms with Gasteiger partial charge >= 0.3 is 5.76 Å². The fourth-order valence-corrected chi connectivity index (χ4v) is 3.92. The zero-order valence-corrected chi connectivity index (χ0v) is 17.5. The summed E-state index contributed by atoms with van der Waals surface area (Å²) < 4.78 is 6.52. The van der Waals surface area contributed by atoms with Gasteiger partial charge in [-0.25, -0.2) is 4.79 Å². The van der Waals surface area contributed by atoms with Crippen molar-refractivity contribution < 1.29 is 14.0 Å². The smallest absolute Gasteiger partial charge is 0.408 e. The molecule has 1 N–H and O–H groups in total. The van der Waals surface area contributed by atoms with Crippen molar-refractivity contribution in [3.63, 3.8) is 0 Å². The van der Waals surface area contributed by atoms with Crippen molar-refractivity contribution in [1.29, 1.82) is 0 Å². The van der Waals surface area contributed by atoms with Gasteiger partial charge in [0.2, 0.25) is 11.8 Å². The van der Waals surface area contributed by atoms with E-state index in [-0.39, 0.29) is 24.8 Å². The van der Waals surface area contributed by atoms with Crippen LogP contribution in [0, 0.1) is 0 Å². The average Bonchev–Trinajstić information content (AvgIpc) is 3.14. The number of rotatable bonds is 6. The second-order valence-corrected chi connectivity index (χ2v) is 7.63. The molecule has 2 heterocycles. The van der Waals surface area contributed by atoms with Crippen molar-refractivity contribution in [3.05, 3.63) is 65.1 Å². The highest BCUT2D eigenvalue weighted by Crippen LogP contribution is 2.17. The summed E-state index contributed by atoms with van der Waals surface area (Å²) in [5.74, 6) is -0.877.